The van der Waals surface area contributed by atoms with Gasteiger partial charge in [-0.25, -0.2) is 0 Å². The Morgan fingerprint density at radius 3 is 2.52 bits per heavy atom. The Bertz CT molecular complexity index is 797. The van der Waals surface area contributed by atoms with E-state index in [0.717, 1.165) is 5.56 Å². The van der Waals surface area contributed by atoms with Crippen LogP contribution in [0.4, 0.5) is 0 Å². The highest BCUT2D eigenvalue weighted by Gasteiger charge is 2.49. The van der Waals surface area contributed by atoms with E-state index in [1.54, 1.807) is 6.07 Å². The van der Waals surface area contributed by atoms with Crippen molar-refractivity contribution >= 4 is 11.9 Å². The van der Waals surface area contributed by atoms with Crippen LogP contribution in [0.25, 0.3) is 0 Å². The zero-order valence-electron chi connectivity index (χ0n) is 13.9. The number of hydrogen-bond donors (Lipinski definition) is 1. The lowest BCUT2D eigenvalue weighted by atomic mass is 9.63. The smallest absolute Gasteiger partial charge is 0.321 e. The molecule has 2 aromatic rings. The van der Waals surface area contributed by atoms with Gasteiger partial charge in [-0.1, -0.05) is 67.3 Å². The summed E-state index contributed by atoms with van der Waals surface area (Å²) >= 11 is 0. The molecule has 0 aliphatic heterocycles. The van der Waals surface area contributed by atoms with Gasteiger partial charge in [0.1, 0.15) is 12.0 Å². The SMILES string of the molecule is C=CCOC(=O)[C@@]1(c2ccccc2)CC[C@H](C(=O)O)c2ccccc21. The molecule has 128 valence electrons. The Balaban J connectivity index is 2.21. The first-order chi connectivity index (χ1) is 12.1. The summed E-state index contributed by atoms with van der Waals surface area (Å²) in [4.78, 5) is 24.8. The van der Waals surface area contributed by atoms with E-state index >= 15 is 0 Å². The molecule has 2 atom stereocenters. The molecule has 0 saturated carbocycles. The van der Waals surface area contributed by atoms with Crippen LogP contribution in [0.2, 0.25) is 0 Å². The van der Waals surface area contributed by atoms with Gasteiger partial charge in [-0.15, -0.1) is 0 Å². The Hall–Kier alpha value is -2.88. The fourth-order valence-corrected chi connectivity index (χ4v) is 3.71. The standard InChI is InChI=1S/C21H20O4/c1-2-14-25-20(24)21(15-8-4-3-5-9-15)13-12-17(19(22)23)16-10-6-7-11-18(16)21/h2-11,17H,1,12-14H2,(H,22,23)/t17-,21+/m0/s1. The van der Waals surface area contributed by atoms with E-state index in [2.05, 4.69) is 6.58 Å². The number of carbonyl (C=O) groups is 2. The monoisotopic (exact) mass is 336 g/mol. The number of hydrogen-bond acceptors (Lipinski definition) is 3. The number of rotatable bonds is 5. The first kappa shape index (κ1) is 17.0. The van der Waals surface area contributed by atoms with Gasteiger partial charge in [0.15, 0.2) is 0 Å². The van der Waals surface area contributed by atoms with Crippen LogP contribution in [-0.4, -0.2) is 23.7 Å². The zero-order chi connectivity index (χ0) is 17.9. The first-order valence-electron chi connectivity index (χ1n) is 8.27. The molecule has 0 unspecified atom stereocenters. The van der Waals surface area contributed by atoms with Crippen molar-refractivity contribution in [2.24, 2.45) is 0 Å². The van der Waals surface area contributed by atoms with Crippen molar-refractivity contribution < 1.29 is 19.4 Å². The Labute approximate surface area is 146 Å². The Morgan fingerprint density at radius 2 is 1.84 bits per heavy atom. The quantitative estimate of drug-likeness (QED) is 0.668. The molecule has 0 heterocycles. The number of carboxylic acid groups (broad SMARTS) is 1. The van der Waals surface area contributed by atoms with E-state index in [-0.39, 0.29) is 12.6 Å². The second kappa shape index (κ2) is 6.93. The number of benzene rings is 2. The maximum Gasteiger partial charge on any atom is 0.321 e. The van der Waals surface area contributed by atoms with Gasteiger partial charge >= 0.3 is 11.9 Å². The number of carboxylic acids is 1. The van der Waals surface area contributed by atoms with E-state index < -0.39 is 17.3 Å². The molecule has 0 bridgehead atoms. The number of aliphatic carboxylic acids is 1. The highest BCUT2D eigenvalue weighted by atomic mass is 16.5. The van der Waals surface area contributed by atoms with Gasteiger partial charge in [-0.05, 0) is 29.5 Å². The molecule has 0 saturated heterocycles. The van der Waals surface area contributed by atoms with Crippen molar-refractivity contribution in [1.29, 1.82) is 0 Å². The molecule has 3 rings (SSSR count). The summed E-state index contributed by atoms with van der Waals surface area (Å²) < 4.78 is 5.44. The molecule has 0 spiro atoms. The molecule has 0 aromatic heterocycles. The van der Waals surface area contributed by atoms with E-state index in [1.807, 2.05) is 48.5 Å². The minimum absolute atomic E-state index is 0.123. The summed E-state index contributed by atoms with van der Waals surface area (Å²) in [6.45, 7) is 3.72. The van der Waals surface area contributed by atoms with Crippen LogP contribution < -0.4 is 0 Å². The third kappa shape index (κ3) is 2.84. The van der Waals surface area contributed by atoms with E-state index in [0.29, 0.717) is 24.0 Å². The topological polar surface area (TPSA) is 63.6 Å². The summed E-state index contributed by atoms with van der Waals surface area (Å²) in [7, 11) is 0. The highest BCUT2D eigenvalue weighted by molar-refractivity contribution is 5.90. The van der Waals surface area contributed by atoms with Gasteiger partial charge in [0.05, 0.1) is 5.92 Å². The minimum atomic E-state index is -0.993. The van der Waals surface area contributed by atoms with Crippen molar-refractivity contribution in [1.82, 2.24) is 0 Å². The Kier molecular flexibility index (Phi) is 4.70. The predicted octanol–water partition coefficient (Wildman–Crippen LogP) is 3.66. The lowest BCUT2D eigenvalue weighted by molar-refractivity contribution is -0.149. The second-order valence-corrected chi connectivity index (χ2v) is 6.18. The summed E-state index contributed by atoms with van der Waals surface area (Å²) in [6.07, 6.45) is 2.30. The third-order valence-electron chi connectivity index (χ3n) is 4.85. The summed E-state index contributed by atoms with van der Waals surface area (Å²) in [5.74, 6) is -1.84. The highest BCUT2D eigenvalue weighted by Crippen LogP contribution is 2.47. The summed E-state index contributed by atoms with van der Waals surface area (Å²) in [5.41, 5.74) is 1.22. The largest absolute Gasteiger partial charge is 0.481 e. The molecule has 4 heteroatoms. The van der Waals surface area contributed by atoms with Gasteiger partial charge in [0.25, 0.3) is 0 Å². The molecule has 4 nitrogen and oxygen atoms in total. The van der Waals surface area contributed by atoms with Gasteiger partial charge in [0.2, 0.25) is 0 Å². The molecule has 2 aromatic carbocycles. The van der Waals surface area contributed by atoms with Crippen molar-refractivity contribution in [3.05, 3.63) is 83.9 Å². The maximum absolute atomic E-state index is 13.1. The van der Waals surface area contributed by atoms with Crippen molar-refractivity contribution in [2.75, 3.05) is 6.61 Å². The van der Waals surface area contributed by atoms with Crippen LogP contribution in [-0.2, 0) is 19.7 Å². The molecule has 0 fully saturated rings. The normalized spacial score (nSPS) is 21.8. The van der Waals surface area contributed by atoms with E-state index in [1.165, 1.54) is 6.08 Å². The summed E-state index contributed by atoms with van der Waals surface area (Å²) in [5, 5.41) is 9.58. The first-order valence-corrected chi connectivity index (χ1v) is 8.27. The lowest BCUT2D eigenvalue weighted by Crippen LogP contribution is -2.43. The third-order valence-corrected chi connectivity index (χ3v) is 4.85. The molecular weight excluding hydrogens is 316 g/mol. The fourth-order valence-electron chi connectivity index (χ4n) is 3.71. The average molecular weight is 336 g/mol. The molecular formula is C21H20O4. The van der Waals surface area contributed by atoms with Crippen molar-refractivity contribution in [3.8, 4) is 0 Å². The maximum atomic E-state index is 13.1. The van der Waals surface area contributed by atoms with Crippen molar-refractivity contribution in [3.63, 3.8) is 0 Å². The van der Waals surface area contributed by atoms with Gasteiger partial charge in [-0.2, -0.15) is 0 Å². The molecule has 1 N–H and O–H groups in total. The van der Waals surface area contributed by atoms with Crippen LogP contribution in [0.15, 0.2) is 67.3 Å². The number of carbonyl (C=O) groups excluding carboxylic acids is 1. The van der Waals surface area contributed by atoms with Crippen molar-refractivity contribution in [2.45, 2.75) is 24.2 Å². The van der Waals surface area contributed by atoms with Crippen LogP contribution in [0.1, 0.15) is 35.4 Å². The zero-order valence-corrected chi connectivity index (χ0v) is 13.9. The van der Waals surface area contributed by atoms with Crippen LogP contribution in [0.3, 0.4) is 0 Å². The Morgan fingerprint density at radius 1 is 1.16 bits per heavy atom. The molecule has 1 aliphatic rings. The average Bonchev–Trinajstić information content (AvgIpc) is 2.65. The molecule has 25 heavy (non-hydrogen) atoms. The minimum Gasteiger partial charge on any atom is -0.481 e. The number of ether oxygens (including phenoxy) is 1. The van der Waals surface area contributed by atoms with Gasteiger partial charge in [0, 0.05) is 0 Å². The summed E-state index contributed by atoms with van der Waals surface area (Å²) in [6, 6.07) is 16.7. The number of fused-ring (bicyclic) bond motifs is 1. The lowest BCUT2D eigenvalue weighted by Gasteiger charge is -2.39. The second-order valence-electron chi connectivity index (χ2n) is 6.18. The van der Waals surface area contributed by atoms with Crippen LogP contribution >= 0.6 is 0 Å². The molecule has 1 aliphatic carbocycles. The van der Waals surface area contributed by atoms with E-state index in [4.69, 9.17) is 4.74 Å². The number of esters is 1. The fraction of sp³-hybridized carbons (Fsp3) is 0.238. The van der Waals surface area contributed by atoms with E-state index in [9.17, 15) is 14.7 Å². The van der Waals surface area contributed by atoms with Crippen LogP contribution in [0.5, 0.6) is 0 Å². The molecule has 0 radical (unpaired) electrons. The van der Waals surface area contributed by atoms with Gasteiger partial charge < -0.3 is 9.84 Å². The molecule has 0 amide bonds. The predicted molar refractivity (Wildman–Crippen MR) is 94.4 cm³/mol. The van der Waals surface area contributed by atoms with Gasteiger partial charge in [-0.3, -0.25) is 9.59 Å². The van der Waals surface area contributed by atoms with Crippen LogP contribution in [0, 0.1) is 0 Å².